The van der Waals surface area contributed by atoms with E-state index in [1.165, 1.54) is 5.56 Å². The summed E-state index contributed by atoms with van der Waals surface area (Å²) in [6, 6.07) is 14.8. The predicted molar refractivity (Wildman–Crippen MR) is 86.0 cm³/mol. The van der Waals surface area contributed by atoms with Crippen LogP contribution in [0.1, 0.15) is 18.1 Å². The summed E-state index contributed by atoms with van der Waals surface area (Å²) >= 11 is 0. The molecule has 4 heteroatoms. The van der Waals surface area contributed by atoms with Gasteiger partial charge >= 0.3 is 5.97 Å². The first-order valence-electron chi connectivity index (χ1n) is 7.34. The first-order chi connectivity index (χ1) is 10.6. The molecular weight excluding hydrogens is 278 g/mol. The van der Waals surface area contributed by atoms with Gasteiger partial charge in [-0.05, 0) is 50.1 Å². The largest absolute Gasteiger partial charge is 0.465 e. The third kappa shape index (κ3) is 4.60. The van der Waals surface area contributed by atoms with Crippen LogP contribution in [0.4, 0.5) is 0 Å². The lowest BCUT2D eigenvalue weighted by atomic mass is 10.1. The number of carbonyl (C=O) groups excluding carboxylic acids is 1. The zero-order valence-electron chi connectivity index (χ0n) is 12.9. The van der Waals surface area contributed by atoms with Gasteiger partial charge in [0.15, 0.2) is 0 Å². The molecule has 116 valence electrons. The Morgan fingerprint density at radius 3 is 2.14 bits per heavy atom. The second-order valence-electron chi connectivity index (χ2n) is 5.12. The Balaban J connectivity index is 1.95. The molecule has 4 nitrogen and oxygen atoms in total. The summed E-state index contributed by atoms with van der Waals surface area (Å²) in [7, 11) is 0. The molecule has 0 aromatic heterocycles. The molecule has 2 N–H and O–H groups in total. The highest BCUT2D eigenvalue weighted by atomic mass is 16.5. The number of aryl methyl sites for hydroxylation is 1. The average Bonchev–Trinajstić information content (AvgIpc) is 2.51. The van der Waals surface area contributed by atoms with Crippen molar-refractivity contribution in [3.05, 3.63) is 59.7 Å². The van der Waals surface area contributed by atoms with Crippen molar-refractivity contribution < 1.29 is 14.3 Å². The van der Waals surface area contributed by atoms with Crippen molar-refractivity contribution in [3.63, 3.8) is 0 Å². The van der Waals surface area contributed by atoms with E-state index in [0.29, 0.717) is 13.0 Å². The minimum Gasteiger partial charge on any atom is -0.465 e. The minimum absolute atomic E-state index is 0.343. The minimum atomic E-state index is -0.635. The van der Waals surface area contributed by atoms with Crippen LogP contribution in [0.3, 0.4) is 0 Å². The molecule has 0 saturated carbocycles. The van der Waals surface area contributed by atoms with Crippen molar-refractivity contribution in [1.82, 2.24) is 0 Å². The molecule has 0 radical (unpaired) electrons. The molecule has 1 unspecified atom stereocenters. The molecule has 0 aliphatic heterocycles. The maximum absolute atomic E-state index is 11.5. The summed E-state index contributed by atoms with van der Waals surface area (Å²) in [6.45, 7) is 4.14. The van der Waals surface area contributed by atoms with E-state index in [4.69, 9.17) is 15.2 Å². The summed E-state index contributed by atoms with van der Waals surface area (Å²) < 4.78 is 10.7. The van der Waals surface area contributed by atoms with E-state index in [9.17, 15) is 4.79 Å². The molecule has 0 saturated heterocycles. The third-order valence-electron chi connectivity index (χ3n) is 3.22. The Bertz CT molecular complexity index is 605. The van der Waals surface area contributed by atoms with Gasteiger partial charge < -0.3 is 15.2 Å². The molecule has 0 amide bonds. The van der Waals surface area contributed by atoms with Crippen LogP contribution in [0.2, 0.25) is 0 Å². The van der Waals surface area contributed by atoms with E-state index in [-0.39, 0.29) is 5.97 Å². The fourth-order valence-corrected chi connectivity index (χ4v) is 2.02. The summed E-state index contributed by atoms with van der Waals surface area (Å²) in [5.41, 5.74) is 7.96. The molecule has 0 spiro atoms. The van der Waals surface area contributed by atoms with Gasteiger partial charge in [0, 0.05) is 0 Å². The Hall–Kier alpha value is -2.33. The van der Waals surface area contributed by atoms with Gasteiger partial charge in [-0.25, -0.2) is 0 Å². The SMILES string of the molecule is CCOC(=O)C(N)Cc1ccc(Oc2ccc(C)cc2)cc1. The predicted octanol–water partition coefficient (Wildman–Crippen LogP) is 3.22. The van der Waals surface area contributed by atoms with Crippen LogP contribution >= 0.6 is 0 Å². The molecule has 2 aromatic rings. The van der Waals surface area contributed by atoms with Crippen molar-refractivity contribution in [1.29, 1.82) is 0 Å². The summed E-state index contributed by atoms with van der Waals surface area (Å²) in [6.07, 6.45) is 0.448. The normalized spacial score (nSPS) is 11.8. The van der Waals surface area contributed by atoms with Gasteiger partial charge in [0.05, 0.1) is 6.61 Å². The Labute approximate surface area is 130 Å². The van der Waals surface area contributed by atoms with Crippen LogP contribution < -0.4 is 10.5 Å². The number of hydrogen-bond acceptors (Lipinski definition) is 4. The zero-order valence-corrected chi connectivity index (χ0v) is 12.9. The number of hydrogen-bond donors (Lipinski definition) is 1. The second kappa shape index (κ2) is 7.61. The van der Waals surface area contributed by atoms with Crippen LogP contribution in [0.25, 0.3) is 0 Å². The van der Waals surface area contributed by atoms with Crippen molar-refractivity contribution in [2.24, 2.45) is 5.73 Å². The maximum atomic E-state index is 11.5. The van der Waals surface area contributed by atoms with Gasteiger partial charge in [-0.3, -0.25) is 4.79 Å². The molecule has 22 heavy (non-hydrogen) atoms. The van der Waals surface area contributed by atoms with E-state index in [1.54, 1.807) is 6.92 Å². The highest BCUT2D eigenvalue weighted by Gasteiger charge is 2.14. The quantitative estimate of drug-likeness (QED) is 0.832. The summed E-state index contributed by atoms with van der Waals surface area (Å²) in [4.78, 5) is 11.5. The zero-order chi connectivity index (χ0) is 15.9. The van der Waals surface area contributed by atoms with Gasteiger partial charge in [-0.2, -0.15) is 0 Å². The number of benzene rings is 2. The van der Waals surface area contributed by atoms with Gasteiger partial charge in [0.2, 0.25) is 0 Å². The topological polar surface area (TPSA) is 61.5 Å². The van der Waals surface area contributed by atoms with E-state index in [2.05, 4.69) is 0 Å². The molecule has 0 heterocycles. The van der Waals surface area contributed by atoms with Crippen molar-refractivity contribution in [3.8, 4) is 11.5 Å². The van der Waals surface area contributed by atoms with Crippen molar-refractivity contribution >= 4 is 5.97 Å². The van der Waals surface area contributed by atoms with E-state index in [1.807, 2.05) is 55.5 Å². The number of ether oxygens (including phenoxy) is 2. The van der Waals surface area contributed by atoms with Gasteiger partial charge in [-0.1, -0.05) is 29.8 Å². The average molecular weight is 299 g/mol. The first-order valence-corrected chi connectivity index (χ1v) is 7.34. The molecule has 2 aromatic carbocycles. The van der Waals surface area contributed by atoms with Gasteiger partial charge in [0.25, 0.3) is 0 Å². The van der Waals surface area contributed by atoms with E-state index in [0.717, 1.165) is 17.1 Å². The van der Waals surface area contributed by atoms with Crippen LogP contribution in [-0.2, 0) is 16.0 Å². The lowest BCUT2D eigenvalue weighted by molar-refractivity contribution is -0.144. The lowest BCUT2D eigenvalue weighted by Gasteiger charge is -2.11. The third-order valence-corrected chi connectivity index (χ3v) is 3.22. The Morgan fingerprint density at radius 2 is 1.59 bits per heavy atom. The van der Waals surface area contributed by atoms with Crippen LogP contribution in [-0.4, -0.2) is 18.6 Å². The summed E-state index contributed by atoms with van der Waals surface area (Å²) in [5.74, 6) is 1.17. The monoisotopic (exact) mass is 299 g/mol. The van der Waals surface area contributed by atoms with Gasteiger partial charge in [-0.15, -0.1) is 0 Å². The number of esters is 1. The van der Waals surface area contributed by atoms with Crippen molar-refractivity contribution in [2.75, 3.05) is 6.61 Å². The molecule has 0 aliphatic rings. The van der Waals surface area contributed by atoms with E-state index >= 15 is 0 Å². The molecule has 0 bridgehead atoms. The Kier molecular flexibility index (Phi) is 5.55. The fourth-order valence-electron chi connectivity index (χ4n) is 2.02. The van der Waals surface area contributed by atoms with Crippen LogP contribution in [0.15, 0.2) is 48.5 Å². The molecule has 0 aliphatic carbocycles. The first kappa shape index (κ1) is 16.0. The number of carbonyl (C=O) groups is 1. The van der Waals surface area contributed by atoms with Crippen LogP contribution in [0.5, 0.6) is 11.5 Å². The highest BCUT2D eigenvalue weighted by molar-refractivity contribution is 5.75. The molecule has 1 atom stereocenters. The standard InChI is InChI=1S/C18H21NO3/c1-3-21-18(20)17(19)12-14-6-10-16(11-7-14)22-15-8-4-13(2)5-9-15/h4-11,17H,3,12,19H2,1-2H3. The van der Waals surface area contributed by atoms with Gasteiger partial charge in [0.1, 0.15) is 17.5 Å². The van der Waals surface area contributed by atoms with Crippen LogP contribution in [0, 0.1) is 6.92 Å². The number of nitrogens with two attached hydrogens (primary N) is 1. The van der Waals surface area contributed by atoms with Crippen molar-refractivity contribution in [2.45, 2.75) is 26.3 Å². The Morgan fingerprint density at radius 1 is 1.05 bits per heavy atom. The smallest absolute Gasteiger partial charge is 0.323 e. The molecule has 2 rings (SSSR count). The fraction of sp³-hybridized carbons (Fsp3) is 0.278. The molecule has 0 fully saturated rings. The maximum Gasteiger partial charge on any atom is 0.323 e. The summed E-state index contributed by atoms with van der Waals surface area (Å²) in [5, 5.41) is 0. The number of rotatable bonds is 6. The molecular formula is C18H21NO3. The second-order valence-corrected chi connectivity index (χ2v) is 5.12. The van der Waals surface area contributed by atoms with E-state index < -0.39 is 6.04 Å². The lowest BCUT2D eigenvalue weighted by Crippen LogP contribution is -2.34. The highest BCUT2D eigenvalue weighted by Crippen LogP contribution is 2.22.